The molecule has 0 saturated heterocycles. The van der Waals surface area contributed by atoms with Crippen LogP contribution in [0.5, 0.6) is 0 Å². The number of aromatic nitrogens is 4. The van der Waals surface area contributed by atoms with Gasteiger partial charge in [0, 0.05) is 16.7 Å². The maximum atomic E-state index is 13.0. The third-order valence-electron chi connectivity index (χ3n) is 5.28. The van der Waals surface area contributed by atoms with E-state index < -0.39 is 5.91 Å². The van der Waals surface area contributed by atoms with Gasteiger partial charge in [0.2, 0.25) is 5.95 Å². The normalized spacial score (nSPS) is 13.1. The molecule has 0 bridgehead atoms. The number of thiophene rings is 1. The number of anilines is 1. The summed E-state index contributed by atoms with van der Waals surface area (Å²) in [6.45, 7) is 0. The summed E-state index contributed by atoms with van der Waals surface area (Å²) >= 11 is 13.8. The number of halogens is 2. The fourth-order valence-electron chi connectivity index (χ4n) is 3.72. The van der Waals surface area contributed by atoms with Crippen LogP contribution >= 0.6 is 34.5 Å². The van der Waals surface area contributed by atoms with E-state index in [-0.39, 0.29) is 22.1 Å². The van der Waals surface area contributed by atoms with Crippen LogP contribution in [-0.2, 0) is 12.8 Å². The number of aryl methyl sites for hydroxylation is 1. The molecule has 1 aliphatic rings. The molecular formula is C22H17Cl2N5O2S. The molecule has 7 nitrogen and oxygen atoms in total. The Morgan fingerprint density at radius 1 is 1.16 bits per heavy atom. The van der Waals surface area contributed by atoms with Crippen LogP contribution in [-0.4, -0.2) is 25.7 Å². The molecule has 1 aliphatic carbocycles. The fourth-order valence-corrected chi connectivity index (χ4v) is 4.78. The number of benzene rings is 1. The highest BCUT2D eigenvalue weighted by Crippen LogP contribution is 2.29. The number of hydrogen-bond acceptors (Lipinski definition) is 5. The van der Waals surface area contributed by atoms with Gasteiger partial charge < -0.3 is 5.32 Å². The van der Waals surface area contributed by atoms with E-state index in [1.807, 2.05) is 17.5 Å². The van der Waals surface area contributed by atoms with Gasteiger partial charge in [0.15, 0.2) is 0 Å². The Labute approximate surface area is 197 Å². The summed E-state index contributed by atoms with van der Waals surface area (Å²) in [4.78, 5) is 34.1. The number of fused-ring (bicyclic) bond motifs is 1. The van der Waals surface area contributed by atoms with E-state index in [0.717, 1.165) is 35.4 Å². The molecule has 3 aromatic heterocycles. The van der Waals surface area contributed by atoms with Gasteiger partial charge >= 0.3 is 0 Å². The van der Waals surface area contributed by atoms with E-state index in [9.17, 15) is 9.59 Å². The summed E-state index contributed by atoms with van der Waals surface area (Å²) in [5.41, 5.74) is 2.21. The lowest BCUT2D eigenvalue weighted by Crippen LogP contribution is -2.24. The van der Waals surface area contributed by atoms with Crippen LogP contribution in [0.15, 0.2) is 46.6 Å². The number of rotatable bonds is 4. The van der Waals surface area contributed by atoms with Gasteiger partial charge in [0.05, 0.1) is 21.2 Å². The number of nitrogens with zero attached hydrogens (tertiary/aromatic N) is 3. The average molecular weight is 486 g/mol. The quantitative estimate of drug-likeness (QED) is 0.419. The van der Waals surface area contributed by atoms with Crippen molar-refractivity contribution in [3.05, 3.63) is 79.0 Å². The maximum absolute atomic E-state index is 13.0. The van der Waals surface area contributed by atoms with E-state index in [1.54, 1.807) is 18.2 Å². The largest absolute Gasteiger partial charge is 0.306 e. The molecule has 10 heteroatoms. The highest BCUT2D eigenvalue weighted by Gasteiger charge is 2.21. The summed E-state index contributed by atoms with van der Waals surface area (Å²) in [5.74, 6) is 0.163. The van der Waals surface area contributed by atoms with E-state index in [2.05, 4.69) is 20.4 Å². The molecule has 1 aromatic carbocycles. The van der Waals surface area contributed by atoms with Crippen molar-refractivity contribution in [2.75, 3.05) is 5.32 Å². The van der Waals surface area contributed by atoms with Crippen molar-refractivity contribution in [3.8, 4) is 16.5 Å². The number of H-pyrrole nitrogens is 1. The Kier molecular flexibility index (Phi) is 5.58. The second-order valence-electron chi connectivity index (χ2n) is 7.40. The third kappa shape index (κ3) is 3.97. The lowest BCUT2D eigenvalue weighted by Gasteiger charge is -2.15. The summed E-state index contributed by atoms with van der Waals surface area (Å²) < 4.78 is 1.45. The van der Waals surface area contributed by atoms with Crippen molar-refractivity contribution in [3.63, 3.8) is 0 Å². The van der Waals surface area contributed by atoms with Gasteiger partial charge in [-0.1, -0.05) is 29.3 Å². The summed E-state index contributed by atoms with van der Waals surface area (Å²) in [5, 5.41) is 10.1. The Morgan fingerprint density at radius 3 is 2.81 bits per heavy atom. The topological polar surface area (TPSA) is 92.7 Å². The predicted molar refractivity (Wildman–Crippen MR) is 126 cm³/mol. The lowest BCUT2D eigenvalue weighted by atomic mass is 9.97. The number of aromatic amines is 1. The Balaban J connectivity index is 1.60. The fraction of sp³-hybridized carbons (Fsp3) is 0.182. The van der Waals surface area contributed by atoms with Crippen molar-refractivity contribution >= 4 is 46.3 Å². The highest BCUT2D eigenvalue weighted by atomic mass is 35.5. The van der Waals surface area contributed by atoms with Crippen molar-refractivity contribution in [1.82, 2.24) is 19.7 Å². The zero-order valence-electron chi connectivity index (χ0n) is 16.7. The number of amides is 1. The molecule has 0 aliphatic heterocycles. The van der Waals surface area contributed by atoms with E-state index in [1.165, 1.54) is 22.1 Å². The van der Waals surface area contributed by atoms with E-state index in [4.69, 9.17) is 23.2 Å². The third-order valence-corrected chi connectivity index (χ3v) is 6.73. The van der Waals surface area contributed by atoms with Crippen LogP contribution in [0.3, 0.4) is 0 Å². The molecule has 162 valence electrons. The number of carbonyl (C=O) groups is 1. The molecule has 4 aromatic rings. The maximum Gasteiger partial charge on any atom is 0.258 e. The zero-order valence-corrected chi connectivity index (χ0v) is 19.0. The zero-order chi connectivity index (χ0) is 22.2. The van der Waals surface area contributed by atoms with E-state index >= 15 is 0 Å². The number of nitrogens with one attached hydrogen (secondary N) is 2. The van der Waals surface area contributed by atoms with Gasteiger partial charge in [0.1, 0.15) is 11.5 Å². The first-order valence-corrected chi connectivity index (χ1v) is 11.7. The molecule has 0 spiro atoms. The molecule has 0 unspecified atom stereocenters. The van der Waals surface area contributed by atoms with Gasteiger partial charge in [-0.25, -0.2) is 4.98 Å². The first-order valence-electron chi connectivity index (χ1n) is 10.0. The first-order chi connectivity index (χ1) is 15.5. The molecule has 0 radical (unpaired) electrons. The van der Waals surface area contributed by atoms with Crippen LogP contribution in [0.2, 0.25) is 10.0 Å². The number of hydrogen-bond donors (Lipinski definition) is 2. The summed E-state index contributed by atoms with van der Waals surface area (Å²) in [7, 11) is 0. The van der Waals surface area contributed by atoms with Gasteiger partial charge in [-0.2, -0.15) is 9.78 Å². The lowest BCUT2D eigenvalue weighted by molar-refractivity contribution is 0.102. The van der Waals surface area contributed by atoms with Crippen molar-refractivity contribution in [1.29, 1.82) is 0 Å². The first kappa shape index (κ1) is 20.9. The van der Waals surface area contributed by atoms with Gasteiger partial charge in [-0.15, -0.1) is 11.3 Å². The van der Waals surface area contributed by atoms with Crippen LogP contribution in [0.4, 0.5) is 5.82 Å². The second-order valence-corrected chi connectivity index (χ2v) is 9.20. The van der Waals surface area contributed by atoms with Crippen molar-refractivity contribution in [2.45, 2.75) is 25.7 Å². The SMILES string of the molecule is O=C(Nc1cc(-c2cccs2)nn1-c1nc2c(c(=O)[nH]1)CCCC2)c1cc(Cl)ccc1Cl. The molecule has 5 rings (SSSR count). The highest BCUT2D eigenvalue weighted by molar-refractivity contribution is 7.13. The van der Waals surface area contributed by atoms with Crippen LogP contribution in [0.1, 0.15) is 34.5 Å². The minimum atomic E-state index is -0.448. The molecule has 0 saturated carbocycles. The van der Waals surface area contributed by atoms with Gasteiger partial charge in [0.25, 0.3) is 11.5 Å². The Hall–Kier alpha value is -2.94. The molecule has 2 N–H and O–H groups in total. The molecule has 0 atom stereocenters. The van der Waals surface area contributed by atoms with Crippen LogP contribution in [0.25, 0.3) is 16.5 Å². The minimum Gasteiger partial charge on any atom is -0.306 e. The summed E-state index contributed by atoms with van der Waals surface area (Å²) in [6, 6.07) is 10.3. The van der Waals surface area contributed by atoms with Crippen molar-refractivity contribution in [2.24, 2.45) is 0 Å². The van der Waals surface area contributed by atoms with Crippen LogP contribution in [0, 0.1) is 0 Å². The summed E-state index contributed by atoms with van der Waals surface area (Å²) in [6.07, 6.45) is 3.42. The second kappa shape index (κ2) is 8.54. The van der Waals surface area contributed by atoms with Gasteiger partial charge in [-0.05, 0) is 55.3 Å². The Morgan fingerprint density at radius 2 is 2.00 bits per heavy atom. The molecule has 32 heavy (non-hydrogen) atoms. The number of carbonyl (C=O) groups excluding carboxylic acids is 1. The molecule has 1 amide bonds. The van der Waals surface area contributed by atoms with E-state index in [0.29, 0.717) is 23.0 Å². The molecule has 3 heterocycles. The smallest absolute Gasteiger partial charge is 0.258 e. The van der Waals surface area contributed by atoms with Crippen LogP contribution < -0.4 is 10.9 Å². The standard InChI is InChI=1S/C22H17Cl2N5O2S/c23-12-7-8-15(24)14(10-12)21(31)26-19-11-17(18-6-3-9-32-18)28-29(19)22-25-16-5-2-1-4-13(16)20(30)27-22/h3,6-11H,1-2,4-5H2,(H,26,31)(H,25,27,30). The monoisotopic (exact) mass is 485 g/mol. The minimum absolute atomic E-state index is 0.173. The Bertz CT molecular complexity index is 1380. The average Bonchev–Trinajstić information content (AvgIpc) is 3.45. The predicted octanol–water partition coefficient (Wildman–Crippen LogP) is 5.12. The molecular weight excluding hydrogens is 469 g/mol. The molecule has 0 fully saturated rings. The van der Waals surface area contributed by atoms with Gasteiger partial charge in [-0.3, -0.25) is 14.6 Å². The van der Waals surface area contributed by atoms with Crippen molar-refractivity contribution < 1.29 is 4.79 Å².